The number of aryl methyl sites for hydroxylation is 1. The molecule has 1 aromatic rings. The molecule has 0 spiro atoms. The van der Waals surface area contributed by atoms with E-state index in [4.69, 9.17) is 0 Å². The van der Waals surface area contributed by atoms with Gasteiger partial charge in [0.05, 0.1) is 0 Å². The van der Waals surface area contributed by atoms with Crippen molar-refractivity contribution >= 4 is 0 Å². The van der Waals surface area contributed by atoms with Crippen molar-refractivity contribution in [2.75, 3.05) is 13.1 Å². The number of rotatable bonds is 4. The van der Waals surface area contributed by atoms with E-state index >= 15 is 0 Å². The number of benzene rings is 1. The molecule has 1 N–H and O–H groups in total. The van der Waals surface area contributed by atoms with Gasteiger partial charge in [-0.25, -0.2) is 0 Å². The van der Waals surface area contributed by atoms with Gasteiger partial charge in [-0.1, -0.05) is 30.3 Å². The first-order chi connectivity index (χ1) is 7.45. The molecule has 1 nitrogen and oxygen atoms in total. The Hall–Kier alpha value is -0.820. The van der Waals surface area contributed by atoms with E-state index in [-0.39, 0.29) is 0 Å². The van der Waals surface area contributed by atoms with E-state index in [9.17, 15) is 0 Å². The molecular formula is C14H21N. The molecule has 1 fully saturated rings. The van der Waals surface area contributed by atoms with E-state index in [0.717, 1.165) is 5.92 Å². The summed E-state index contributed by atoms with van der Waals surface area (Å²) in [5.41, 5.74) is 1.49. The number of nitrogens with one attached hydrogen (secondary N) is 1. The van der Waals surface area contributed by atoms with Crippen LogP contribution in [0.2, 0.25) is 0 Å². The second-order valence-corrected chi connectivity index (χ2v) is 4.59. The summed E-state index contributed by atoms with van der Waals surface area (Å²) in [4.78, 5) is 0. The average Bonchev–Trinajstić information content (AvgIpc) is 2.32. The normalized spacial score (nSPS) is 21.5. The van der Waals surface area contributed by atoms with E-state index in [0.29, 0.717) is 0 Å². The fourth-order valence-corrected chi connectivity index (χ4v) is 2.41. The molecule has 15 heavy (non-hydrogen) atoms. The zero-order valence-electron chi connectivity index (χ0n) is 9.41. The summed E-state index contributed by atoms with van der Waals surface area (Å²) < 4.78 is 0. The van der Waals surface area contributed by atoms with Crippen molar-refractivity contribution in [3.63, 3.8) is 0 Å². The van der Waals surface area contributed by atoms with Gasteiger partial charge in [-0.05, 0) is 56.7 Å². The molecule has 1 aromatic carbocycles. The van der Waals surface area contributed by atoms with Crippen LogP contribution in [-0.4, -0.2) is 13.1 Å². The van der Waals surface area contributed by atoms with Crippen molar-refractivity contribution in [3.05, 3.63) is 35.9 Å². The fourth-order valence-electron chi connectivity index (χ4n) is 2.41. The molecule has 0 unspecified atom stereocenters. The molecule has 82 valence electrons. The maximum Gasteiger partial charge on any atom is -0.00205 e. The maximum absolute atomic E-state index is 3.48. The molecule has 0 amide bonds. The van der Waals surface area contributed by atoms with Crippen LogP contribution in [0.1, 0.15) is 31.2 Å². The number of hydrogen-bond donors (Lipinski definition) is 1. The van der Waals surface area contributed by atoms with Crippen molar-refractivity contribution in [3.8, 4) is 0 Å². The minimum Gasteiger partial charge on any atom is -0.316 e. The molecule has 1 atom stereocenters. The summed E-state index contributed by atoms with van der Waals surface area (Å²) >= 11 is 0. The smallest absolute Gasteiger partial charge is 0.00205 e. The summed E-state index contributed by atoms with van der Waals surface area (Å²) in [5.74, 6) is 0.933. The van der Waals surface area contributed by atoms with Gasteiger partial charge in [-0.15, -0.1) is 0 Å². The highest BCUT2D eigenvalue weighted by Gasteiger charge is 2.11. The Morgan fingerprint density at radius 3 is 2.80 bits per heavy atom. The van der Waals surface area contributed by atoms with E-state index in [1.165, 1.54) is 50.8 Å². The Morgan fingerprint density at radius 1 is 1.20 bits per heavy atom. The lowest BCUT2D eigenvalue weighted by Crippen LogP contribution is -2.29. The average molecular weight is 203 g/mol. The predicted octanol–water partition coefficient (Wildman–Crippen LogP) is 3.01. The van der Waals surface area contributed by atoms with Gasteiger partial charge in [0, 0.05) is 0 Å². The molecule has 1 aliphatic heterocycles. The van der Waals surface area contributed by atoms with Crippen LogP contribution in [0.25, 0.3) is 0 Å². The van der Waals surface area contributed by atoms with E-state index < -0.39 is 0 Å². The van der Waals surface area contributed by atoms with Crippen molar-refractivity contribution < 1.29 is 0 Å². The van der Waals surface area contributed by atoms with Gasteiger partial charge in [-0.2, -0.15) is 0 Å². The van der Waals surface area contributed by atoms with Crippen LogP contribution in [0.15, 0.2) is 30.3 Å². The highest BCUT2D eigenvalue weighted by molar-refractivity contribution is 5.14. The van der Waals surface area contributed by atoms with E-state index in [1.807, 2.05) is 0 Å². The minimum absolute atomic E-state index is 0.933. The predicted molar refractivity (Wildman–Crippen MR) is 65.0 cm³/mol. The van der Waals surface area contributed by atoms with Crippen molar-refractivity contribution in [1.82, 2.24) is 5.32 Å². The molecule has 1 aliphatic rings. The van der Waals surface area contributed by atoms with Crippen LogP contribution in [0.3, 0.4) is 0 Å². The molecule has 0 aliphatic carbocycles. The van der Waals surface area contributed by atoms with Crippen molar-refractivity contribution in [1.29, 1.82) is 0 Å². The molecule has 0 radical (unpaired) electrons. The lowest BCUT2D eigenvalue weighted by atomic mass is 9.93. The van der Waals surface area contributed by atoms with E-state index in [1.54, 1.807) is 0 Å². The molecule has 2 rings (SSSR count). The fraction of sp³-hybridized carbons (Fsp3) is 0.571. The molecule has 1 saturated heterocycles. The molecular weight excluding hydrogens is 182 g/mol. The molecule has 1 heteroatoms. The van der Waals surface area contributed by atoms with Gasteiger partial charge in [0.2, 0.25) is 0 Å². The van der Waals surface area contributed by atoms with Gasteiger partial charge < -0.3 is 5.32 Å². The van der Waals surface area contributed by atoms with Crippen molar-refractivity contribution in [2.45, 2.75) is 32.1 Å². The zero-order valence-corrected chi connectivity index (χ0v) is 9.41. The first-order valence-electron chi connectivity index (χ1n) is 6.20. The summed E-state index contributed by atoms with van der Waals surface area (Å²) in [7, 11) is 0. The SMILES string of the molecule is c1ccc(CCC[C@H]2CCCNC2)cc1. The van der Waals surface area contributed by atoms with Gasteiger partial charge in [0.1, 0.15) is 0 Å². The van der Waals surface area contributed by atoms with Crippen LogP contribution in [0.5, 0.6) is 0 Å². The second-order valence-electron chi connectivity index (χ2n) is 4.59. The molecule has 0 bridgehead atoms. The Morgan fingerprint density at radius 2 is 2.07 bits per heavy atom. The lowest BCUT2D eigenvalue weighted by molar-refractivity contribution is 0.351. The highest BCUT2D eigenvalue weighted by atomic mass is 14.9. The summed E-state index contributed by atoms with van der Waals surface area (Å²) in [6, 6.07) is 10.8. The third-order valence-electron chi connectivity index (χ3n) is 3.32. The van der Waals surface area contributed by atoms with Gasteiger partial charge in [0.15, 0.2) is 0 Å². The lowest BCUT2D eigenvalue weighted by Gasteiger charge is -2.22. The third kappa shape index (κ3) is 3.67. The van der Waals surface area contributed by atoms with E-state index in [2.05, 4.69) is 35.6 Å². The van der Waals surface area contributed by atoms with Crippen LogP contribution in [-0.2, 0) is 6.42 Å². The summed E-state index contributed by atoms with van der Waals surface area (Å²) in [5, 5.41) is 3.48. The Labute approximate surface area is 92.9 Å². The standard InChI is InChI=1S/C14H21N/c1-2-6-13(7-3-1)8-4-9-14-10-5-11-15-12-14/h1-3,6-7,14-15H,4-5,8-12H2/t14-/m0/s1. The molecule has 0 aromatic heterocycles. The highest BCUT2D eigenvalue weighted by Crippen LogP contribution is 2.17. The topological polar surface area (TPSA) is 12.0 Å². The Kier molecular flexibility index (Phi) is 4.22. The largest absolute Gasteiger partial charge is 0.316 e. The summed E-state index contributed by atoms with van der Waals surface area (Å²) in [6.45, 7) is 2.48. The zero-order chi connectivity index (χ0) is 10.3. The third-order valence-corrected chi connectivity index (χ3v) is 3.32. The van der Waals surface area contributed by atoms with Crippen LogP contribution >= 0.6 is 0 Å². The maximum atomic E-state index is 3.48. The number of piperidine rings is 1. The Bertz CT molecular complexity index is 262. The second kappa shape index (κ2) is 5.92. The van der Waals surface area contributed by atoms with Gasteiger partial charge in [0.25, 0.3) is 0 Å². The van der Waals surface area contributed by atoms with Crippen LogP contribution < -0.4 is 5.32 Å². The minimum atomic E-state index is 0.933. The Balaban J connectivity index is 1.66. The molecule has 1 heterocycles. The first kappa shape index (κ1) is 10.7. The van der Waals surface area contributed by atoms with Gasteiger partial charge in [-0.3, -0.25) is 0 Å². The van der Waals surface area contributed by atoms with Crippen molar-refractivity contribution in [2.24, 2.45) is 5.92 Å². The monoisotopic (exact) mass is 203 g/mol. The van der Waals surface area contributed by atoms with Crippen LogP contribution in [0.4, 0.5) is 0 Å². The van der Waals surface area contributed by atoms with Crippen LogP contribution in [0, 0.1) is 5.92 Å². The first-order valence-corrected chi connectivity index (χ1v) is 6.20. The van der Waals surface area contributed by atoms with Gasteiger partial charge >= 0.3 is 0 Å². The molecule has 0 saturated carbocycles. The number of hydrogen-bond acceptors (Lipinski definition) is 1. The quantitative estimate of drug-likeness (QED) is 0.793. The summed E-state index contributed by atoms with van der Waals surface area (Å²) in [6.07, 6.45) is 6.79.